The second-order valence-corrected chi connectivity index (χ2v) is 5.47. The second kappa shape index (κ2) is 9.54. The molecule has 0 amide bonds. The highest BCUT2D eigenvalue weighted by Crippen LogP contribution is 2.12. The molecule has 1 aromatic rings. The molecule has 0 heterocycles. The fourth-order valence-electron chi connectivity index (χ4n) is 1.81. The maximum atomic E-state index is 5.67. The summed E-state index contributed by atoms with van der Waals surface area (Å²) in [7, 11) is 0. The van der Waals surface area contributed by atoms with Crippen LogP contribution in [0, 0.1) is 0 Å². The zero-order valence-electron chi connectivity index (χ0n) is 11.4. The lowest BCUT2D eigenvalue weighted by Crippen LogP contribution is -2.36. The largest absolute Gasteiger partial charge is 0.380 e. The highest BCUT2D eigenvalue weighted by atomic mass is 79.9. The van der Waals surface area contributed by atoms with E-state index >= 15 is 0 Å². The van der Waals surface area contributed by atoms with Crippen LogP contribution in [0.25, 0.3) is 0 Å². The van der Waals surface area contributed by atoms with Crippen molar-refractivity contribution in [3.05, 3.63) is 34.3 Å². The first-order valence-corrected chi connectivity index (χ1v) is 7.61. The van der Waals surface area contributed by atoms with Gasteiger partial charge in [0.15, 0.2) is 0 Å². The van der Waals surface area contributed by atoms with Crippen molar-refractivity contribution in [3.8, 4) is 0 Å². The molecule has 1 N–H and O–H groups in total. The van der Waals surface area contributed by atoms with Crippen molar-refractivity contribution in [1.29, 1.82) is 0 Å². The van der Waals surface area contributed by atoms with E-state index in [2.05, 4.69) is 59.4 Å². The normalized spacial score (nSPS) is 12.6. The Morgan fingerprint density at radius 2 is 1.89 bits per heavy atom. The summed E-state index contributed by atoms with van der Waals surface area (Å²) in [4.78, 5) is 0. The molecule has 0 radical (unpaired) electrons. The maximum absolute atomic E-state index is 5.67. The molecule has 1 unspecified atom stereocenters. The smallest absolute Gasteiger partial charge is 0.0622 e. The van der Waals surface area contributed by atoms with E-state index in [0.29, 0.717) is 6.04 Å². The van der Waals surface area contributed by atoms with E-state index in [9.17, 15) is 0 Å². The minimum Gasteiger partial charge on any atom is -0.380 e. The van der Waals surface area contributed by atoms with E-state index in [1.807, 2.05) is 0 Å². The molecule has 1 atom stereocenters. The van der Waals surface area contributed by atoms with Gasteiger partial charge in [0.25, 0.3) is 0 Å². The third-order valence-corrected chi connectivity index (χ3v) is 3.27. The van der Waals surface area contributed by atoms with Crippen LogP contribution in [0.2, 0.25) is 0 Å². The lowest BCUT2D eigenvalue weighted by atomic mass is 10.1. The van der Waals surface area contributed by atoms with Gasteiger partial charge in [0.2, 0.25) is 0 Å². The van der Waals surface area contributed by atoms with E-state index in [-0.39, 0.29) is 0 Å². The molecule has 102 valence electrons. The summed E-state index contributed by atoms with van der Waals surface area (Å²) < 4.78 is 6.80. The highest BCUT2D eigenvalue weighted by Gasteiger charge is 2.08. The van der Waals surface area contributed by atoms with Gasteiger partial charge in [0, 0.05) is 17.1 Å². The minimum atomic E-state index is 0.415. The van der Waals surface area contributed by atoms with Crippen molar-refractivity contribution in [2.45, 2.75) is 39.2 Å². The lowest BCUT2D eigenvalue weighted by molar-refractivity contribution is 0.112. The fraction of sp³-hybridized carbons (Fsp3) is 0.600. The molecule has 0 bridgehead atoms. The van der Waals surface area contributed by atoms with Crippen LogP contribution in [0.5, 0.6) is 0 Å². The molecule has 18 heavy (non-hydrogen) atoms. The zero-order valence-corrected chi connectivity index (χ0v) is 13.0. The number of ether oxygens (including phenoxy) is 1. The summed E-state index contributed by atoms with van der Waals surface area (Å²) >= 11 is 3.46. The summed E-state index contributed by atoms with van der Waals surface area (Å²) in [6.07, 6.45) is 3.26. The lowest BCUT2D eigenvalue weighted by Gasteiger charge is -2.18. The first kappa shape index (κ1) is 15.7. The number of benzene rings is 1. The van der Waals surface area contributed by atoms with Crippen LogP contribution in [0.15, 0.2) is 28.7 Å². The summed E-state index contributed by atoms with van der Waals surface area (Å²) in [6, 6.07) is 8.95. The average molecular weight is 314 g/mol. The Hall–Kier alpha value is -0.380. The Morgan fingerprint density at radius 3 is 2.50 bits per heavy atom. The molecule has 0 aliphatic heterocycles. The first-order valence-electron chi connectivity index (χ1n) is 6.81. The SMILES string of the molecule is CCCNC(COCCC)Cc1ccc(Br)cc1. The maximum Gasteiger partial charge on any atom is 0.0622 e. The van der Waals surface area contributed by atoms with E-state index in [1.54, 1.807) is 0 Å². The van der Waals surface area contributed by atoms with Gasteiger partial charge < -0.3 is 10.1 Å². The summed E-state index contributed by atoms with van der Waals surface area (Å²) in [5.41, 5.74) is 1.35. The molecular formula is C15H24BrNO. The van der Waals surface area contributed by atoms with Crippen molar-refractivity contribution < 1.29 is 4.74 Å². The number of hydrogen-bond donors (Lipinski definition) is 1. The predicted octanol–water partition coefficient (Wildman–Crippen LogP) is 3.79. The number of halogens is 1. The van der Waals surface area contributed by atoms with Gasteiger partial charge in [-0.3, -0.25) is 0 Å². The van der Waals surface area contributed by atoms with Crippen molar-refractivity contribution in [2.24, 2.45) is 0 Å². The number of nitrogens with one attached hydrogen (secondary N) is 1. The topological polar surface area (TPSA) is 21.3 Å². The Morgan fingerprint density at radius 1 is 1.17 bits per heavy atom. The van der Waals surface area contributed by atoms with Crippen molar-refractivity contribution in [2.75, 3.05) is 19.8 Å². The minimum absolute atomic E-state index is 0.415. The highest BCUT2D eigenvalue weighted by molar-refractivity contribution is 9.10. The van der Waals surface area contributed by atoms with E-state index in [1.165, 1.54) is 5.56 Å². The first-order chi connectivity index (χ1) is 8.76. The monoisotopic (exact) mass is 313 g/mol. The molecule has 1 aromatic carbocycles. The fourth-order valence-corrected chi connectivity index (χ4v) is 2.08. The molecule has 0 aliphatic rings. The molecule has 1 rings (SSSR count). The Labute approximate surface area is 119 Å². The van der Waals surface area contributed by atoms with Gasteiger partial charge >= 0.3 is 0 Å². The van der Waals surface area contributed by atoms with Crippen LogP contribution < -0.4 is 5.32 Å². The molecule has 3 heteroatoms. The second-order valence-electron chi connectivity index (χ2n) is 4.56. The van der Waals surface area contributed by atoms with Crippen LogP contribution in [-0.2, 0) is 11.2 Å². The Bertz CT molecular complexity index is 313. The third-order valence-electron chi connectivity index (χ3n) is 2.75. The Balaban J connectivity index is 2.45. The molecule has 0 spiro atoms. The standard InChI is InChI=1S/C15H24BrNO/c1-3-9-17-15(12-18-10-4-2)11-13-5-7-14(16)8-6-13/h5-8,15,17H,3-4,9-12H2,1-2H3. The molecule has 2 nitrogen and oxygen atoms in total. The van der Waals surface area contributed by atoms with Gasteiger partial charge in [-0.1, -0.05) is 41.9 Å². The third kappa shape index (κ3) is 6.53. The molecule has 0 saturated heterocycles. The molecular weight excluding hydrogens is 290 g/mol. The van der Waals surface area contributed by atoms with Gasteiger partial charge in [0.1, 0.15) is 0 Å². The van der Waals surface area contributed by atoms with Gasteiger partial charge in [0.05, 0.1) is 6.61 Å². The van der Waals surface area contributed by atoms with Crippen LogP contribution in [0.4, 0.5) is 0 Å². The van der Waals surface area contributed by atoms with Crippen molar-refractivity contribution in [3.63, 3.8) is 0 Å². The van der Waals surface area contributed by atoms with Crippen LogP contribution in [0.3, 0.4) is 0 Å². The molecule has 0 aromatic heterocycles. The van der Waals surface area contributed by atoms with Crippen LogP contribution >= 0.6 is 15.9 Å². The van der Waals surface area contributed by atoms with Crippen molar-refractivity contribution >= 4 is 15.9 Å². The molecule has 0 aliphatic carbocycles. The predicted molar refractivity (Wildman–Crippen MR) is 81.0 cm³/mol. The van der Waals surface area contributed by atoms with E-state index < -0.39 is 0 Å². The summed E-state index contributed by atoms with van der Waals surface area (Å²) in [5.74, 6) is 0. The van der Waals surface area contributed by atoms with Gasteiger partial charge in [-0.25, -0.2) is 0 Å². The molecule has 0 fully saturated rings. The van der Waals surface area contributed by atoms with Crippen LogP contribution in [-0.4, -0.2) is 25.8 Å². The van der Waals surface area contributed by atoms with E-state index in [0.717, 1.165) is 43.5 Å². The van der Waals surface area contributed by atoms with Crippen LogP contribution in [0.1, 0.15) is 32.3 Å². The summed E-state index contributed by atoms with van der Waals surface area (Å²) in [6.45, 7) is 7.03. The van der Waals surface area contributed by atoms with E-state index in [4.69, 9.17) is 4.74 Å². The van der Waals surface area contributed by atoms with Gasteiger partial charge in [-0.05, 0) is 43.5 Å². The summed E-state index contributed by atoms with van der Waals surface area (Å²) in [5, 5.41) is 3.55. The Kier molecular flexibility index (Phi) is 8.31. The average Bonchev–Trinajstić information content (AvgIpc) is 2.38. The molecule has 0 saturated carbocycles. The zero-order chi connectivity index (χ0) is 13.2. The number of hydrogen-bond acceptors (Lipinski definition) is 2. The quantitative estimate of drug-likeness (QED) is 0.700. The van der Waals surface area contributed by atoms with Crippen molar-refractivity contribution in [1.82, 2.24) is 5.32 Å². The number of rotatable bonds is 9. The van der Waals surface area contributed by atoms with Gasteiger partial charge in [-0.2, -0.15) is 0 Å². The van der Waals surface area contributed by atoms with Gasteiger partial charge in [-0.15, -0.1) is 0 Å².